The third-order valence-electron chi connectivity index (χ3n) is 2.45. The highest BCUT2D eigenvalue weighted by Crippen LogP contribution is 2.01. The molecule has 0 heterocycles. The van der Waals surface area contributed by atoms with Crippen molar-refractivity contribution in [1.82, 2.24) is 5.32 Å². The van der Waals surface area contributed by atoms with Crippen LogP contribution >= 0.6 is 0 Å². The van der Waals surface area contributed by atoms with Gasteiger partial charge in [-0.1, -0.05) is 12.8 Å². The minimum atomic E-state index is -0.957. The van der Waals surface area contributed by atoms with Crippen molar-refractivity contribution in [3.8, 4) is 0 Å². The van der Waals surface area contributed by atoms with Crippen LogP contribution in [0.15, 0.2) is 0 Å². The SMILES string of the molecule is NC(=O)CC[C@H](NCCCCCCO)C(=O)O. The molecule has 0 saturated heterocycles. The van der Waals surface area contributed by atoms with Gasteiger partial charge in [0.25, 0.3) is 0 Å². The summed E-state index contributed by atoms with van der Waals surface area (Å²) in [5.74, 6) is -1.44. The summed E-state index contributed by atoms with van der Waals surface area (Å²) in [6, 6.07) is -0.708. The number of rotatable bonds is 11. The third kappa shape index (κ3) is 9.77. The molecule has 6 nitrogen and oxygen atoms in total. The number of aliphatic hydroxyl groups is 1. The molecule has 0 saturated carbocycles. The lowest BCUT2D eigenvalue weighted by atomic mass is 10.1. The molecule has 0 fully saturated rings. The van der Waals surface area contributed by atoms with Crippen LogP contribution < -0.4 is 11.1 Å². The van der Waals surface area contributed by atoms with E-state index in [1.54, 1.807) is 0 Å². The molecule has 0 rings (SSSR count). The fourth-order valence-electron chi connectivity index (χ4n) is 1.47. The number of carboxylic acids is 1. The van der Waals surface area contributed by atoms with Crippen molar-refractivity contribution in [2.45, 2.75) is 44.6 Å². The number of carbonyl (C=O) groups excluding carboxylic acids is 1. The van der Waals surface area contributed by atoms with E-state index in [1.165, 1.54) is 0 Å². The average molecular weight is 246 g/mol. The van der Waals surface area contributed by atoms with Crippen molar-refractivity contribution < 1.29 is 19.8 Å². The first-order valence-electron chi connectivity index (χ1n) is 5.93. The van der Waals surface area contributed by atoms with Crippen molar-refractivity contribution in [3.63, 3.8) is 0 Å². The third-order valence-corrected chi connectivity index (χ3v) is 2.45. The number of unbranched alkanes of at least 4 members (excludes halogenated alkanes) is 3. The topological polar surface area (TPSA) is 113 Å². The Hall–Kier alpha value is -1.14. The summed E-state index contributed by atoms with van der Waals surface area (Å²) in [5.41, 5.74) is 4.97. The second-order valence-corrected chi connectivity index (χ2v) is 3.99. The number of hydrogen-bond acceptors (Lipinski definition) is 4. The van der Waals surface area contributed by atoms with Gasteiger partial charge in [0.05, 0.1) is 0 Å². The van der Waals surface area contributed by atoms with Crippen LogP contribution in [0.25, 0.3) is 0 Å². The van der Waals surface area contributed by atoms with Gasteiger partial charge in [-0.3, -0.25) is 9.59 Å². The van der Waals surface area contributed by atoms with Crippen LogP contribution in [-0.2, 0) is 9.59 Å². The molecular formula is C11H22N2O4. The van der Waals surface area contributed by atoms with E-state index in [9.17, 15) is 9.59 Å². The Morgan fingerprint density at radius 1 is 1.18 bits per heavy atom. The first-order chi connectivity index (χ1) is 8.07. The molecule has 0 unspecified atom stereocenters. The predicted octanol–water partition coefficient (Wildman–Crippen LogP) is -0.153. The highest BCUT2D eigenvalue weighted by Gasteiger charge is 2.16. The summed E-state index contributed by atoms with van der Waals surface area (Å²) in [6.45, 7) is 0.797. The number of primary amides is 1. The van der Waals surface area contributed by atoms with E-state index in [1.807, 2.05) is 0 Å². The molecule has 1 atom stereocenters. The van der Waals surface area contributed by atoms with Crippen LogP contribution in [0.4, 0.5) is 0 Å². The lowest BCUT2D eigenvalue weighted by Crippen LogP contribution is -2.38. The molecule has 0 aliphatic carbocycles. The number of carbonyl (C=O) groups is 2. The van der Waals surface area contributed by atoms with E-state index < -0.39 is 17.9 Å². The van der Waals surface area contributed by atoms with Gasteiger partial charge in [-0.25, -0.2) is 0 Å². The van der Waals surface area contributed by atoms with E-state index in [2.05, 4.69) is 5.32 Å². The molecule has 0 aromatic rings. The van der Waals surface area contributed by atoms with Crippen LogP contribution in [0.5, 0.6) is 0 Å². The quantitative estimate of drug-likeness (QED) is 0.379. The number of aliphatic carboxylic acids is 1. The Bertz CT molecular complexity index is 234. The molecule has 0 bridgehead atoms. The van der Waals surface area contributed by atoms with Crippen molar-refractivity contribution in [2.24, 2.45) is 5.73 Å². The number of carboxylic acid groups (broad SMARTS) is 1. The fourth-order valence-corrected chi connectivity index (χ4v) is 1.47. The Labute approximate surface area is 101 Å². The molecule has 5 N–H and O–H groups in total. The highest BCUT2D eigenvalue weighted by atomic mass is 16.4. The molecule has 0 aromatic heterocycles. The van der Waals surface area contributed by atoms with E-state index >= 15 is 0 Å². The van der Waals surface area contributed by atoms with Crippen LogP contribution in [0.2, 0.25) is 0 Å². The number of nitrogens with two attached hydrogens (primary N) is 1. The lowest BCUT2D eigenvalue weighted by Gasteiger charge is -2.13. The van der Waals surface area contributed by atoms with Gasteiger partial charge in [0.15, 0.2) is 0 Å². The Morgan fingerprint density at radius 2 is 1.82 bits per heavy atom. The van der Waals surface area contributed by atoms with Gasteiger partial charge in [0, 0.05) is 13.0 Å². The maximum Gasteiger partial charge on any atom is 0.320 e. The van der Waals surface area contributed by atoms with E-state index in [-0.39, 0.29) is 19.4 Å². The number of hydrogen-bond donors (Lipinski definition) is 4. The molecule has 0 radical (unpaired) electrons. The predicted molar refractivity (Wildman–Crippen MR) is 63.4 cm³/mol. The van der Waals surface area contributed by atoms with Gasteiger partial charge in [0.1, 0.15) is 6.04 Å². The number of amides is 1. The van der Waals surface area contributed by atoms with Gasteiger partial charge < -0.3 is 21.3 Å². The molecule has 6 heteroatoms. The van der Waals surface area contributed by atoms with Crippen LogP contribution in [0, 0.1) is 0 Å². The van der Waals surface area contributed by atoms with E-state index in [0.717, 1.165) is 25.7 Å². The largest absolute Gasteiger partial charge is 0.480 e. The van der Waals surface area contributed by atoms with E-state index in [4.69, 9.17) is 15.9 Å². The Morgan fingerprint density at radius 3 is 2.35 bits per heavy atom. The molecular weight excluding hydrogens is 224 g/mol. The zero-order valence-corrected chi connectivity index (χ0v) is 10.0. The summed E-state index contributed by atoms with van der Waals surface area (Å²) in [7, 11) is 0. The number of aliphatic hydroxyl groups excluding tert-OH is 1. The summed E-state index contributed by atoms with van der Waals surface area (Å²) in [6.07, 6.45) is 3.84. The summed E-state index contributed by atoms with van der Waals surface area (Å²) < 4.78 is 0. The van der Waals surface area contributed by atoms with Gasteiger partial charge in [-0.15, -0.1) is 0 Å². The van der Waals surface area contributed by atoms with Crippen molar-refractivity contribution in [1.29, 1.82) is 0 Å². The second kappa shape index (κ2) is 10.0. The minimum absolute atomic E-state index is 0.0779. The number of nitrogens with one attached hydrogen (secondary N) is 1. The zero-order valence-electron chi connectivity index (χ0n) is 10.0. The molecule has 0 aromatic carbocycles. The smallest absolute Gasteiger partial charge is 0.320 e. The molecule has 0 spiro atoms. The molecule has 1 amide bonds. The van der Waals surface area contributed by atoms with Gasteiger partial charge in [-0.2, -0.15) is 0 Å². The molecule has 17 heavy (non-hydrogen) atoms. The van der Waals surface area contributed by atoms with Crippen LogP contribution in [0.1, 0.15) is 38.5 Å². The van der Waals surface area contributed by atoms with Crippen molar-refractivity contribution in [2.75, 3.05) is 13.2 Å². The lowest BCUT2D eigenvalue weighted by molar-refractivity contribution is -0.139. The zero-order chi connectivity index (χ0) is 13.1. The monoisotopic (exact) mass is 246 g/mol. The first kappa shape index (κ1) is 15.9. The molecule has 100 valence electrons. The molecule has 0 aliphatic heterocycles. The fraction of sp³-hybridized carbons (Fsp3) is 0.818. The highest BCUT2D eigenvalue weighted by molar-refractivity contribution is 5.77. The normalized spacial score (nSPS) is 12.3. The molecule has 0 aliphatic rings. The van der Waals surface area contributed by atoms with E-state index in [0.29, 0.717) is 6.54 Å². The first-order valence-corrected chi connectivity index (χ1v) is 5.93. The maximum atomic E-state index is 10.8. The Balaban J connectivity index is 3.63. The van der Waals surface area contributed by atoms with Gasteiger partial charge in [0.2, 0.25) is 5.91 Å². The van der Waals surface area contributed by atoms with Crippen molar-refractivity contribution >= 4 is 11.9 Å². The second-order valence-electron chi connectivity index (χ2n) is 3.99. The summed E-state index contributed by atoms with van der Waals surface area (Å²) >= 11 is 0. The van der Waals surface area contributed by atoms with Crippen LogP contribution in [0.3, 0.4) is 0 Å². The van der Waals surface area contributed by atoms with Crippen LogP contribution in [-0.4, -0.2) is 41.3 Å². The summed E-state index contributed by atoms with van der Waals surface area (Å²) in [5, 5.41) is 20.3. The van der Waals surface area contributed by atoms with Crippen molar-refractivity contribution in [3.05, 3.63) is 0 Å². The standard InChI is InChI=1S/C11H22N2O4/c12-10(15)6-5-9(11(16)17)13-7-3-1-2-4-8-14/h9,13-14H,1-8H2,(H2,12,15)(H,16,17)/t9-/m0/s1. The Kier molecular flexibility index (Phi) is 9.37. The van der Waals surface area contributed by atoms with Gasteiger partial charge in [-0.05, 0) is 25.8 Å². The maximum absolute atomic E-state index is 10.8. The summed E-state index contributed by atoms with van der Waals surface area (Å²) in [4.78, 5) is 21.4. The van der Waals surface area contributed by atoms with Gasteiger partial charge >= 0.3 is 5.97 Å². The average Bonchev–Trinajstić information content (AvgIpc) is 2.26. The minimum Gasteiger partial charge on any atom is -0.480 e.